The van der Waals surface area contributed by atoms with Gasteiger partial charge in [-0.1, -0.05) is 27.2 Å². The summed E-state index contributed by atoms with van der Waals surface area (Å²) in [6, 6.07) is 6.04. The van der Waals surface area contributed by atoms with Crippen LogP contribution >= 0.6 is 15.9 Å². The molecule has 0 aliphatic heterocycles. The van der Waals surface area contributed by atoms with E-state index in [0.717, 1.165) is 16.5 Å². The van der Waals surface area contributed by atoms with Crippen molar-refractivity contribution in [3.05, 3.63) is 45.5 Å². The average Bonchev–Trinajstić information content (AvgIpc) is 2.88. The molecule has 2 atom stereocenters. The molecule has 0 saturated carbocycles. The number of rotatable bonds is 3. The molecule has 0 fully saturated rings. The van der Waals surface area contributed by atoms with Gasteiger partial charge in [0.25, 0.3) is 5.89 Å². The molecule has 0 saturated heterocycles. The molecule has 1 aliphatic carbocycles. The van der Waals surface area contributed by atoms with Gasteiger partial charge in [0.1, 0.15) is 5.60 Å². The zero-order valence-corrected chi connectivity index (χ0v) is 13.9. The molecule has 0 radical (unpaired) electrons. The smallest absolute Gasteiger partial charge is 0.258 e. The fourth-order valence-electron chi connectivity index (χ4n) is 2.61. The summed E-state index contributed by atoms with van der Waals surface area (Å²) in [6.45, 7) is 0. The predicted octanol–water partition coefficient (Wildman–Crippen LogP) is 2.09. The Balaban J connectivity index is 1.87. The van der Waals surface area contributed by atoms with Crippen molar-refractivity contribution in [2.45, 2.75) is 30.6 Å². The van der Waals surface area contributed by atoms with Crippen LogP contribution in [0.25, 0.3) is 0 Å². The topological polar surface area (TPSA) is 76.2 Å². The third kappa shape index (κ3) is 3.09. The van der Waals surface area contributed by atoms with E-state index in [1.807, 2.05) is 12.1 Å². The Labute approximate surface area is 133 Å². The highest BCUT2D eigenvalue weighted by Gasteiger charge is 2.39. The summed E-state index contributed by atoms with van der Waals surface area (Å²) in [5.41, 5.74) is 1.18. The van der Waals surface area contributed by atoms with Gasteiger partial charge in [-0.2, -0.15) is 4.98 Å². The maximum atomic E-state index is 11.2. The van der Waals surface area contributed by atoms with Gasteiger partial charge in [-0.05, 0) is 36.1 Å². The lowest BCUT2D eigenvalue weighted by molar-refractivity contribution is -0.00861. The van der Waals surface area contributed by atoms with Crippen molar-refractivity contribution in [3.63, 3.8) is 0 Å². The molecule has 1 heterocycles. The number of hydrogen-bond acceptors (Lipinski definition) is 5. The molecular formula is C14H15BrN2O3S. The van der Waals surface area contributed by atoms with E-state index >= 15 is 0 Å². The number of aromatic nitrogens is 2. The van der Waals surface area contributed by atoms with E-state index in [2.05, 4.69) is 32.1 Å². The summed E-state index contributed by atoms with van der Waals surface area (Å²) in [5, 5.41) is 14.6. The Hall–Kier alpha value is -1.05. The van der Waals surface area contributed by atoms with Crippen LogP contribution in [0.1, 0.15) is 29.3 Å². The third-order valence-electron chi connectivity index (χ3n) is 3.66. The zero-order valence-electron chi connectivity index (χ0n) is 11.5. The maximum Gasteiger partial charge on any atom is 0.258 e. The van der Waals surface area contributed by atoms with Gasteiger partial charge in [0.15, 0.2) is 5.82 Å². The van der Waals surface area contributed by atoms with Crippen molar-refractivity contribution >= 4 is 26.7 Å². The van der Waals surface area contributed by atoms with Crippen molar-refractivity contribution in [1.82, 2.24) is 10.1 Å². The molecule has 5 nitrogen and oxygen atoms in total. The highest BCUT2D eigenvalue weighted by molar-refractivity contribution is 9.10. The highest BCUT2D eigenvalue weighted by atomic mass is 79.9. The van der Waals surface area contributed by atoms with E-state index in [9.17, 15) is 9.32 Å². The summed E-state index contributed by atoms with van der Waals surface area (Å²) in [7, 11) is -1.03. The minimum absolute atomic E-state index is 0.219. The summed E-state index contributed by atoms with van der Waals surface area (Å²) in [5.74, 6) is 0.834. The highest BCUT2D eigenvalue weighted by Crippen LogP contribution is 2.36. The number of benzene rings is 1. The molecule has 1 N–H and O–H groups in total. The van der Waals surface area contributed by atoms with E-state index in [4.69, 9.17) is 4.52 Å². The Morgan fingerprint density at radius 1 is 1.48 bits per heavy atom. The molecule has 0 bridgehead atoms. The average molecular weight is 371 g/mol. The van der Waals surface area contributed by atoms with Crippen LogP contribution in [0.15, 0.2) is 27.2 Å². The van der Waals surface area contributed by atoms with E-state index in [0.29, 0.717) is 18.7 Å². The second kappa shape index (κ2) is 5.62. The van der Waals surface area contributed by atoms with Crippen molar-refractivity contribution in [1.29, 1.82) is 0 Å². The lowest BCUT2D eigenvalue weighted by Crippen LogP contribution is -2.33. The molecule has 1 aliphatic rings. The van der Waals surface area contributed by atoms with Crippen LogP contribution < -0.4 is 0 Å². The number of aliphatic hydroxyl groups is 1. The molecule has 0 amide bonds. The second-order valence-corrected chi connectivity index (χ2v) is 7.71. The van der Waals surface area contributed by atoms with Gasteiger partial charge in [0, 0.05) is 27.9 Å². The largest absolute Gasteiger partial charge is 0.380 e. The molecule has 2 aromatic rings. The number of aryl methyl sites for hydroxylation is 1. The van der Waals surface area contributed by atoms with Gasteiger partial charge >= 0.3 is 0 Å². The number of fused-ring (bicyclic) bond motifs is 1. The van der Waals surface area contributed by atoms with Gasteiger partial charge in [-0.3, -0.25) is 4.21 Å². The summed E-state index contributed by atoms with van der Waals surface area (Å²) < 4.78 is 17.4. The Morgan fingerprint density at radius 2 is 2.29 bits per heavy atom. The van der Waals surface area contributed by atoms with Crippen LogP contribution in [0, 0.1) is 0 Å². The molecule has 2 unspecified atom stereocenters. The first kappa shape index (κ1) is 14.9. The Bertz CT molecular complexity index is 703. The predicted molar refractivity (Wildman–Crippen MR) is 82.1 cm³/mol. The number of nitrogens with zero attached hydrogens (tertiary/aromatic N) is 2. The lowest BCUT2D eigenvalue weighted by atomic mass is 9.80. The van der Waals surface area contributed by atoms with E-state index < -0.39 is 16.4 Å². The van der Waals surface area contributed by atoms with Gasteiger partial charge < -0.3 is 9.63 Å². The first-order chi connectivity index (χ1) is 9.96. The fourth-order valence-corrected chi connectivity index (χ4v) is 3.50. The van der Waals surface area contributed by atoms with Crippen molar-refractivity contribution in [2.24, 2.45) is 0 Å². The van der Waals surface area contributed by atoms with Crippen LogP contribution in [-0.2, 0) is 35.0 Å². The molecular weight excluding hydrogens is 356 g/mol. The zero-order chi connectivity index (χ0) is 15.0. The van der Waals surface area contributed by atoms with Crippen molar-refractivity contribution in [2.75, 3.05) is 6.26 Å². The maximum absolute atomic E-state index is 11.2. The summed E-state index contributed by atoms with van der Waals surface area (Å²) in [6.07, 6.45) is 3.32. The minimum Gasteiger partial charge on any atom is -0.380 e. The molecule has 112 valence electrons. The first-order valence-electron chi connectivity index (χ1n) is 6.59. The first-order valence-corrected chi connectivity index (χ1v) is 9.11. The second-order valence-electron chi connectivity index (χ2n) is 5.35. The molecule has 7 heteroatoms. The van der Waals surface area contributed by atoms with Crippen LogP contribution in [-0.4, -0.2) is 25.7 Å². The van der Waals surface area contributed by atoms with Crippen molar-refractivity contribution < 1.29 is 13.8 Å². The Morgan fingerprint density at radius 3 is 3.05 bits per heavy atom. The fraction of sp³-hybridized carbons (Fsp3) is 0.429. The quantitative estimate of drug-likeness (QED) is 0.894. The van der Waals surface area contributed by atoms with Crippen LogP contribution in [0.4, 0.5) is 0 Å². The molecule has 1 aromatic heterocycles. The monoisotopic (exact) mass is 370 g/mol. The van der Waals surface area contributed by atoms with Gasteiger partial charge in [0.2, 0.25) is 0 Å². The molecule has 21 heavy (non-hydrogen) atoms. The molecule has 1 aromatic carbocycles. The third-order valence-corrected chi connectivity index (χ3v) is 4.82. The van der Waals surface area contributed by atoms with Gasteiger partial charge in [-0.25, -0.2) is 0 Å². The SMILES string of the molecule is CS(=O)Cc1noc(C2(O)CCc3cc(Br)ccc3C2)n1. The summed E-state index contributed by atoms with van der Waals surface area (Å²) >= 11 is 3.46. The van der Waals surface area contributed by atoms with E-state index in [-0.39, 0.29) is 11.6 Å². The van der Waals surface area contributed by atoms with E-state index in [1.54, 1.807) is 6.26 Å². The van der Waals surface area contributed by atoms with Gasteiger partial charge in [0.05, 0.1) is 5.75 Å². The normalized spacial score (nSPS) is 22.8. The lowest BCUT2D eigenvalue weighted by Gasteiger charge is -2.30. The minimum atomic E-state index is -1.14. The standard InChI is InChI=1S/C14H15BrN2O3S/c1-21(19)8-12-16-13(20-17-12)14(18)5-4-9-6-11(15)3-2-10(9)7-14/h2-3,6,18H,4-5,7-8H2,1H3. The molecule has 3 rings (SSSR count). The summed E-state index contributed by atoms with van der Waals surface area (Å²) in [4.78, 5) is 4.21. The Kier molecular flexibility index (Phi) is 3.98. The number of halogens is 1. The van der Waals surface area contributed by atoms with Crippen molar-refractivity contribution in [3.8, 4) is 0 Å². The van der Waals surface area contributed by atoms with Crippen LogP contribution in [0.3, 0.4) is 0 Å². The van der Waals surface area contributed by atoms with Crippen LogP contribution in [0.2, 0.25) is 0 Å². The van der Waals surface area contributed by atoms with E-state index in [1.165, 1.54) is 5.56 Å². The number of hydrogen-bond donors (Lipinski definition) is 1. The van der Waals surface area contributed by atoms with Crippen LogP contribution in [0.5, 0.6) is 0 Å². The molecule has 0 spiro atoms. The van der Waals surface area contributed by atoms with Gasteiger partial charge in [-0.15, -0.1) is 0 Å².